The maximum Gasteiger partial charge on any atom is 0.272 e. The third kappa shape index (κ3) is 3.51. The van der Waals surface area contributed by atoms with Gasteiger partial charge in [-0.25, -0.2) is 0 Å². The number of H-pyrrole nitrogens is 1. The highest BCUT2D eigenvalue weighted by molar-refractivity contribution is 5.93. The van der Waals surface area contributed by atoms with E-state index in [0.29, 0.717) is 5.69 Å². The van der Waals surface area contributed by atoms with Crippen molar-refractivity contribution in [3.63, 3.8) is 0 Å². The zero-order valence-corrected chi connectivity index (χ0v) is 14.6. The lowest BCUT2D eigenvalue weighted by atomic mass is 9.98. The van der Waals surface area contributed by atoms with Crippen LogP contribution >= 0.6 is 0 Å². The summed E-state index contributed by atoms with van der Waals surface area (Å²) in [6.07, 6.45) is 11.4. The van der Waals surface area contributed by atoms with Crippen LogP contribution in [0.3, 0.4) is 0 Å². The summed E-state index contributed by atoms with van der Waals surface area (Å²) in [6.45, 7) is 1.62. The van der Waals surface area contributed by atoms with Crippen molar-refractivity contribution in [1.29, 1.82) is 0 Å². The second-order valence-electron chi connectivity index (χ2n) is 6.61. The monoisotopic (exact) mass is 350 g/mol. The van der Waals surface area contributed by atoms with Crippen molar-refractivity contribution in [2.45, 2.75) is 38.3 Å². The van der Waals surface area contributed by atoms with E-state index in [-0.39, 0.29) is 11.9 Å². The van der Waals surface area contributed by atoms with Gasteiger partial charge in [-0.2, -0.15) is 10.2 Å². The first-order chi connectivity index (χ1) is 12.8. The topological polar surface area (TPSA) is 79.7 Å². The Morgan fingerprint density at radius 2 is 2.12 bits per heavy atom. The van der Waals surface area contributed by atoms with Gasteiger partial charge < -0.3 is 4.90 Å². The number of nitrogens with zero attached hydrogens (tertiary/aromatic N) is 5. The summed E-state index contributed by atoms with van der Waals surface area (Å²) < 4.78 is 1.93. The summed E-state index contributed by atoms with van der Waals surface area (Å²) in [7, 11) is 0. The third-order valence-corrected chi connectivity index (χ3v) is 4.92. The molecule has 3 aromatic heterocycles. The SMILES string of the molecule is O=C(c1cc(-c2ccncc2)n[nH]1)N1CCCC[C@@H]1CCn1cccn1. The van der Waals surface area contributed by atoms with Crippen LogP contribution in [0.1, 0.15) is 36.2 Å². The van der Waals surface area contributed by atoms with Crippen LogP contribution in [-0.4, -0.2) is 48.4 Å². The molecule has 0 saturated carbocycles. The third-order valence-electron chi connectivity index (χ3n) is 4.92. The van der Waals surface area contributed by atoms with E-state index in [1.165, 1.54) is 6.42 Å². The Kier molecular flexibility index (Phi) is 4.77. The fourth-order valence-electron chi connectivity index (χ4n) is 3.54. The number of hydrogen-bond acceptors (Lipinski definition) is 4. The van der Waals surface area contributed by atoms with Crippen molar-refractivity contribution in [2.24, 2.45) is 0 Å². The molecule has 134 valence electrons. The fourth-order valence-corrected chi connectivity index (χ4v) is 3.54. The first kappa shape index (κ1) is 16.5. The first-order valence-corrected chi connectivity index (χ1v) is 9.05. The quantitative estimate of drug-likeness (QED) is 0.767. The molecule has 0 aromatic carbocycles. The molecule has 1 saturated heterocycles. The molecule has 1 aliphatic rings. The largest absolute Gasteiger partial charge is 0.334 e. The lowest BCUT2D eigenvalue weighted by Gasteiger charge is -2.35. The average molecular weight is 350 g/mol. The summed E-state index contributed by atoms with van der Waals surface area (Å²) in [6, 6.07) is 7.77. The first-order valence-electron chi connectivity index (χ1n) is 9.05. The molecule has 0 spiro atoms. The molecule has 0 bridgehead atoms. The summed E-state index contributed by atoms with van der Waals surface area (Å²) in [4.78, 5) is 19.1. The summed E-state index contributed by atoms with van der Waals surface area (Å²) in [5, 5.41) is 11.5. The second kappa shape index (κ2) is 7.51. The molecule has 4 rings (SSSR count). The van der Waals surface area contributed by atoms with Crippen LogP contribution in [0, 0.1) is 0 Å². The lowest BCUT2D eigenvalue weighted by molar-refractivity contribution is 0.0588. The van der Waals surface area contributed by atoms with E-state index in [2.05, 4.69) is 20.3 Å². The Bertz CT molecular complexity index is 842. The van der Waals surface area contributed by atoms with Crippen molar-refractivity contribution in [3.05, 3.63) is 54.7 Å². The Morgan fingerprint density at radius 3 is 2.92 bits per heavy atom. The van der Waals surface area contributed by atoms with Crippen LogP contribution in [0.5, 0.6) is 0 Å². The van der Waals surface area contributed by atoms with Gasteiger partial charge in [-0.15, -0.1) is 0 Å². The van der Waals surface area contributed by atoms with E-state index in [9.17, 15) is 4.79 Å². The van der Waals surface area contributed by atoms with Crippen LogP contribution < -0.4 is 0 Å². The Morgan fingerprint density at radius 1 is 1.23 bits per heavy atom. The minimum atomic E-state index is 0.0305. The van der Waals surface area contributed by atoms with E-state index in [0.717, 1.165) is 43.6 Å². The van der Waals surface area contributed by atoms with Crippen LogP contribution in [0.25, 0.3) is 11.3 Å². The van der Waals surface area contributed by atoms with Gasteiger partial charge in [-0.1, -0.05) is 0 Å². The molecular formula is C19H22N6O. The van der Waals surface area contributed by atoms with Crippen molar-refractivity contribution in [1.82, 2.24) is 29.9 Å². The second-order valence-corrected chi connectivity index (χ2v) is 6.61. The van der Waals surface area contributed by atoms with Gasteiger partial charge >= 0.3 is 0 Å². The number of nitrogens with one attached hydrogen (secondary N) is 1. The highest BCUT2D eigenvalue weighted by Crippen LogP contribution is 2.23. The number of aromatic amines is 1. The number of carbonyl (C=O) groups is 1. The van der Waals surface area contributed by atoms with Gasteiger partial charge in [0.1, 0.15) is 5.69 Å². The Labute approximate surface area is 152 Å². The predicted molar refractivity (Wildman–Crippen MR) is 97.3 cm³/mol. The number of amides is 1. The minimum absolute atomic E-state index is 0.0305. The maximum atomic E-state index is 13.0. The van der Waals surface area contributed by atoms with Gasteiger partial charge in [0.15, 0.2) is 0 Å². The molecule has 0 unspecified atom stereocenters. The molecule has 1 amide bonds. The number of rotatable bonds is 5. The molecule has 1 N–H and O–H groups in total. The van der Waals surface area contributed by atoms with E-state index in [1.807, 2.05) is 40.0 Å². The van der Waals surface area contributed by atoms with Crippen molar-refractivity contribution < 1.29 is 4.79 Å². The molecular weight excluding hydrogens is 328 g/mol. The van der Waals surface area contributed by atoms with Gasteiger partial charge in [-0.3, -0.25) is 19.6 Å². The Hall–Kier alpha value is -2.96. The predicted octanol–water partition coefficient (Wildman–Crippen LogP) is 2.75. The number of carbonyl (C=O) groups excluding carboxylic acids is 1. The van der Waals surface area contributed by atoms with Gasteiger partial charge in [-0.05, 0) is 49.9 Å². The summed E-state index contributed by atoms with van der Waals surface area (Å²) in [5.74, 6) is 0.0305. The van der Waals surface area contributed by atoms with Gasteiger partial charge in [0.05, 0.1) is 5.69 Å². The molecule has 4 heterocycles. The van der Waals surface area contributed by atoms with Crippen molar-refractivity contribution in [3.8, 4) is 11.3 Å². The summed E-state index contributed by atoms with van der Waals surface area (Å²) >= 11 is 0. The molecule has 0 radical (unpaired) electrons. The molecule has 0 aliphatic carbocycles. The van der Waals surface area contributed by atoms with Crippen LogP contribution in [0.2, 0.25) is 0 Å². The van der Waals surface area contributed by atoms with Crippen molar-refractivity contribution in [2.75, 3.05) is 6.54 Å². The van der Waals surface area contributed by atoms with E-state index in [4.69, 9.17) is 0 Å². The van der Waals surface area contributed by atoms with Gasteiger partial charge in [0.2, 0.25) is 0 Å². The molecule has 1 fully saturated rings. The van der Waals surface area contributed by atoms with Crippen LogP contribution in [0.4, 0.5) is 0 Å². The highest BCUT2D eigenvalue weighted by Gasteiger charge is 2.28. The zero-order valence-electron chi connectivity index (χ0n) is 14.6. The zero-order chi connectivity index (χ0) is 17.8. The standard InChI is InChI=1S/C19H22N6O/c26-19(18-14-17(22-23-18)15-5-9-20-10-6-15)25-12-2-1-4-16(25)7-13-24-11-3-8-21-24/h3,5-6,8-11,14,16H,1-2,4,7,12-13H2,(H,22,23)/t16-/m1/s1. The number of aryl methyl sites for hydroxylation is 1. The van der Waals surface area contributed by atoms with Crippen molar-refractivity contribution >= 4 is 5.91 Å². The molecule has 3 aromatic rings. The van der Waals surface area contributed by atoms with E-state index >= 15 is 0 Å². The van der Waals surface area contributed by atoms with Gasteiger partial charge in [0.25, 0.3) is 5.91 Å². The summed E-state index contributed by atoms with van der Waals surface area (Å²) in [5.41, 5.74) is 2.26. The highest BCUT2D eigenvalue weighted by atomic mass is 16.2. The molecule has 7 heteroatoms. The Balaban J connectivity index is 1.47. The van der Waals surface area contributed by atoms with E-state index < -0.39 is 0 Å². The molecule has 1 aliphatic heterocycles. The normalized spacial score (nSPS) is 17.4. The number of hydrogen-bond donors (Lipinski definition) is 1. The number of aromatic nitrogens is 5. The number of piperidine rings is 1. The number of likely N-dealkylation sites (tertiary alicyclic amines) is 1. The average Bonchev–Trinajstić information content (AvgIpc) is 3.39. The lowest BCUT2D eigenvalue weighted by Crippen LogP contribution is -2.44. The molecule has 7 nitrogen and oxygen atoms in total. The maximum absolute atomic E-state index is 13.0. The van der Waals surface area contributed by atoms with E-state index in [1.54, 1.807) is 18.6 Å². The molecule has 1 atom stereocenters. The van der Waals surface area contributed by atoms with Crippen LogP contribution in [0.15, 0.2) is 49.1 Å². The minimum Gasteiger partial charge on any atom is -0.334 e. The number of pyridine rings is 1. The fraction of sp³-hybridized carbons (Fsp3) is 0.368. The van der Waals surface area contributed by atoms with Crippen LogP contribution in [-0.2, 0) is 6.54 Å². The van der Waals surface area contributed by atoms with Gasteiger partial charge in [0, 0.05) is 49.5 Å². The molecule has 26 heavy (non-hydrogen) atoms. The smallest absolute Gasteiger partial charge is 0.272 e.